The molecule has 0 bridgehead atoms. The average Bonchev–Trinajstić information content (AvgIpc) is 2.75. The number of nitrogens with zero attached hydrogens (tertiary/aromatic N) is 3. The van der Waals surface area contributed by atoms with Crippen LogP contribution in [0.2, 0.25) is 0 Å². The maximum Gasteiger partial charge on any atom is 0.243 e. The van der Waals surface area contributed by atoms with Gasteiger partial charge in [0.25, 0.3) is 0 Å². The molecule has 1 aromatic carbocycles. The number of rotatable bonds is 4. The first-order valence-corrected chi connectivity index (χ1v) is 9.65. The van der Waals surface area contributed by atoms with Gasteiger partial charge in [0, 0.05) is 33.7 Å². The van der Waals surface area contributed by atoms with Crippen LogP contribution in [-0.2, 0) is 14.8 Å². The molecular weight excluding hydrogens is 326 g/mol. The summed E-state index contributed by atoms with van der Waals surface area (Å²) in [6.07, 6.45) is 0.727. The first-order chi connectivity index (χ1) is 11.2. The normalized spacial score (nSPS) is 17.5. The van der Waals surface area contributed by atoms with Crippen LogP contribution in [0.15, 0.2) is 23.1 Å². The number of carbonyl (C=O) groups excluding carboxylic acids is 1. The van der Waals surface area contributed by atoms with Crippen molar-refractivity contribution in [3.63, 3.8) is 0 Å². The van der Waals surface area contributed by atoms with E-state index in [2.05, 4.69) is 0 Å². The van der Waals surface area contributed by atoms with Gasteiger partial charge in [-0.1, -0.05) is 6.07 Å². The molecule has 24 heavy (non-hydrogen) atoms. The Morgan fingerprint density at radius 2 is 1.79 bits per heavy atom. The minimum atomic E-state index is -3.48. The predicted octanol–water partition coefficient (Wildman–Crippen LogP) is 1.09. The van der Waals surface area contributed by atoms with E-state index >= 15 is 0 Å². The van der Waals surface area contributed by atoms with Gasteiger partial charge in [-0.2, -0.15) is 4.31 Å². The molecule has 0 atom stereocenters. The predicted molar refractivity (Wildman–Crippen MR) is 94.4 cm³/mol. The van der Waals surface area contributed by atoms with Crippen molar-refractivity contribution < 1.29 is 13.2 Å². The number of carbonyl (C=O) groups is 1. The molecule has 1 fully saturated rings. The van der Waals surface area contributed by atoms with Crippen molar-refractivity contribution in [1.82, 2.24) is 14.1 Å². The first-order valence-electron chi connectivity index (χ1n) is 8.21. The molecule has 134 valence electrons. The van der Waals surface area contributed by atoms with Crippen LogP contribution in [0.4, 0.5) is 0 Å². The summed E-state index contributed by atoms with van der Waals surface area (Å²) in [7, 11) is -0.0160. The summed E-state index contributed by atoms with van der Waals surface area (Å²) in [5.41, 5.74) is 2.06. The van der Waals surface area contributed by atoms with E-state index in [9.17, 15) is 13.2 Å². The number of likely N-dealkylation sites (N-methyl/N-ethyl adjacent to an activating group) is 1. The molecule has 0 N–H and O–H groups in total. The van der Waals surface area contributed by atoms with Crippen LogP contribution < -0.4 is 0 Å². The van der Waals surface area contributed by atoms with Crippen molar-refractivity contribution in [3.05, 3.63) is 29.3 Å². The Kier molecular flexibility index (Phi) is 6.01. The lowest BCUT2D eigenvalue weighted by Gasteiger charge is -2.22. The van der Waals surface area contributed by atoms with E-state index in [-0.39, 0.29) is 5.91 Å². The maximum atomic E-state index is 12.9. The standard InChI is InChI=1S/C17H27N3O3S/c1-14-6-7-16(12-15(14)2)24(22,23)20-9-5-8-19(10-11-20)13-17(21)18(3)4/h6-7,12H,5,8-11,13H2,1-4H3. The van der Waals surface area contributed by atoms with Crippen LogP contribution in [0, 0.1) is 13.8 Å². The van der Waals surface area contributed by atoms with Crippen LogP contribution in [0.25, 0.3) is 0 Å². The van der Waals surface area contributed by atoms with E-state index in [0.29, 0.717) is 31.1 Å². The minimum absolute atomic E-state index is 0.0421. The number of sulfonamides is 1. The van der Waals surface area contributed by atoms with Gasteiger partial charge in [-0.15, -0.1) is 0 Å². The fourth-order valence-corrected chi connectivity index (χ4v) is 4.26. The fraction of sp³-hybridized carbons (Fsp3) is 0.588. The summed E-state index contributed by atoms with van der Waals surface area (Å²) in [6, 6.07) is 5.26. The number of amides is 1. The Morgan fingerprint density at radius 1 is 1.08 bits per heavy atom. The largest absolute Gasteiger partial charge is 0.348 e. The molecule has 0 aliphatic carbocycles. The van der Waals surface area contributed by atoms with Crippen molar-refractivity contribution in [1.29, 1.82) is 0 Å². The Balaban J connectivity index is 2.09. The number of aryl methyl sites for hydroxylation is 2. The monoisotopic (exact) mass is 353 g/mol. The molecule has 0 saturated carbocycles. The molecule has 1 amide bonds. The van der Waals surface area contributed by atoms with E-state index in [4.69, 9.17) is 0 Å². The van der Waals surface area contributed by atoms with Crippen LogP contribution in [0.1, 0.15) is 17.5 Å². The van der Waals surface area contributed by atoms with Gasteiger partial charge in [0.1, 0.15) is 0 Å². The van der Waals surface area contributed by atoms with E-state index < -0.39 is 10.0 Å². The van der Waals surface area contributed by atoms with Gasteiger partial charge in [-0.3, -0.25) is 9.69 Å². The molecule has 6 nitrogen and oxygen atoms in total. The SMILES string of the molecule is Cc1ccc(S(=O)(=O)N2CCCN(CC(=O)N(C)C)CC2)cc1C. The third kappa shape index (κ3) is 4.34. The second-order valence-corrected chi connectivity index (χ2v) is 8.51. The second-order valence-electron chi connectivity index (χ2n) is 6.57. The third-order valence-corrected chi connectivity index (χ3v) is 6.42. The molecular formula is C17H27N3O3S. The van der Waals surface area contributed by atoms with Gasteiger partial charge in [-0.05, 0) is 50.1 Å². The zero-order chi connectivity index (χ0) is 17.9. The molecule has 1 aromatic rings. The van der Waals surface area contributed by atoms with Crippen molar-refractivity contribution in [2.24, 2.45) is 0 Å². The molecule has 0 spiro atoms. The van der Waals surface area contributed by atoms with E-state index in [1.807, 2.05) is 24.8 Å². The summed E-state index contributed by atoms with van der Waals surface area (Å²) < 4.78 is 27.3. The molecule has 7 heteroatoms. The van der Waals surface area contributed by atoms with Gasteiger partial charge in [0.15, 0.2) is 0 Å². The summed E-state index contributed by atoms with van der Waals surface area (Å²) in [5.74, 6) is 0.0421. The summed E-state index contributed by atoms with van der Waals surface area (Å²) in [4.78, 5) is 15.8. The quantitative estimate of drug-likeness (QED) is 0.813. The van der Waals surface area contributed by atoms with Gasteiger partial charge >= 0.3 is 0 Å². The van der Waals surface area contributed by atoms with Crippen LogP contribution >= 0.6 is 0 Å². The number of hydrogen-bond donors (Lipinski definition) is 0. The minimum Gasteiger partial charge on any atom is -0.348 e. The van der Waals surface area contributed by atoms with Gasteiger partial charge in [0.05, 0.1) is 11.4 Å². The van der Waals surface area contributed by atoms with Crippen LogP contribution in [-0.4, -0.2) is 75.2 Å². The lowest BCUT2D eigenvalue weighted by Crippen LogP contribution is -2.39. The van der Waals surface area contributed by atoms with Crippen LogP contribution in [0.5, 0.6) is 0 Å². The zero-order valence-electron chi connectivity index (χ0n) is 14.9. The first kappa shape index (κ1) is 18.9. The molecule has 1 aliphatic rings. The highest BCUT2D eigenvalue weighted by atomic mass is 32.2. The highest BCUT2D eigenvalue weighted by Gasteiger charge is 2.27. The molecule has 0 unspecified atom stereocenters. The third-order valence-electron chi connectivity index (χ3n) is 4.52. The van der Waals surface area contributed by atoms with Crippen molar-refractivity contribution in [2.75, 3.05) is 46.8 Å². The second kappa shape index (κ2) is 7.63. The zero-order valence-corrected chi connectivity index (χ0v) is 15.8. The molecule has 0 radical (unpaired) electrons. The lowest BCUT2D eigenvalue weighted by atomic mass is 10.1. The van der Waals surface area contributed by atoms with Gasteiger partial charge in [0.2, 0.25) is 15.9 Å². The van der Waals surface area contributed by atoms with E-state index in [1.165, 1.54) is 4.31 Å². The topological polar surface area (TPSA) is 60.9 Å². The number of hydrogen-bond acceptors (Lipinski definition) is 4. The van der Waals surface area contributed by atoms with E-state index in [1.54, 1.807) is 31.1 Å². The average molecular weight is 353 g/mol. The van der Waals surface area contributed by atoms with Crippen molar-refractivity contribution >= 4 is 15.9 Å². The summed E-state index contributed by atoms with van der Waals surface area (Å²) in [6.45, 7) is 6.44. The highest BCUT2D eigenvalue weighted by Crippen LogP contribution is 2.20. The van der Waals surface area contributed by atoms with Gasteiger partial charge < -0.3 is 4.90 Å². The molecule has 1 heterocycles. The molecule has 1 saturated heterocycles. The summed E-state index contributed by atoms with van der Waals surface area (Å²) >= 11 is 0. The Hall–Kier alpha value is -1.44. The Morgan fingerprint density at radius 3 is 2.42 bits per heavy atom. The smallest absolute Gasteiger partial charge is 0.243 e. The maximum absolute atomic E-state index is 12.9. The summed E-state index contributed by atoms with van der Waals surface area (Å²) in [5, 5.41) is 0. The molecule has 0 aromatic heterocycles. The van der Waals surface area contributed by atoms with E-state index in [0.717, 1.165) is 24.1 Å². The Bertz CT molecular complexity index is 701. The van der Waals surface area contributed by atoms with Crippen LogP contribution in [0.3, 0.4) is 0 Å². The van der Waals surface area contributed by atoms with Crippen molar-refractivity contribution in [2.45, 2.75) is 25.2 Å². The fourth-order valence-electron chi connectivity index (χ4n) is 2.70. The lowest BCUT2D eigenvalue weighted by molar-refractivity contribution is -0.129. The number of benzene rings is 1. The Labute approximate surface area is 145 Å². The highest BCUT2D eigenvalue weighted by molar-refractivity contribution is 7.89. The van der Waals surface area contributed by atoms with Gasteiger partial charge in [-0.25, -0.2) is 8.42 Å². The van der Waals surface area contributed by atoms with Crippen molar-refractivity contribution in [3.8, 4) is 0 Å². The molecule has 2 rings (SSSR count). The molecule has 1 aliphatic heterocycles.